The Morgan fingerprint density at radius 1 is 1.17 bits per heavy atom. The van der Waals surface area contributed by atoms with Gasteiger partial charge in [0, 0.05) is 10.9 Å². The monoisotopic (exact) mass is 349 g/mol. The summed E-state index contributed by atoms with van der Waals surface area (Å²) >= 11 is 1.46. The summed E-state index contributed by atoms with van der Waals surface area (Å²) in [6.07, 6.45) is 0.0568. The van der Waals surface area contributed by atoms with Crippen molar-refractivity contribution >= 4 is 23.2 Å². The molecule has 0 aliphatic heterocycles. The van der Waals surface area contributed by atoms with E-state index < -0.39 is 12.0 Å². The Balaban J connectivity index is 2.22. The molecule has 2 rings (SSSR count). The third-order valence-corrected chi connectivity index (χ3v) is 4.43. The molecule has 0 unspecified atom stereocenters. The van der Waals surface area contributed by atoms with Crippen LogP contribution in [0.15, 0.2) is 35.7 Å². The Kier molecular flexibility index (Phi) is 6.20. The van der Waals surface area contributed by atoms with E-state index in [1.54, 1.807) is 18.2 Å². The normalized spacial score (nSPS) is 11.5. The molecule has 1 N–H and O–H groups in total. The lowest BCUT2D eigenvalue weighted by Crippen LogP contribution is -2.30. The van der Waals surface area contributed by atoms with Crippen molar-refractivity contribution in [3.05, 3.63) is 46.2 Å². The van der Waals surface area contributed by atoms with Gasteiger partial charge in [-0.25, -0.2) is 0 Å². The molecule has 1 aromatic carbocycles. The Labute approximate surface area is 144 Å². The van der Waals surface area contributed by atoms with Gasteiger partial charge in [-0.15, -0.1) is 11.3 Å². The van der Waals surface area contributed by atoms with Gasteiger partial charge in [0.2, 0.25) is 0 Å². The number of carbonyl (C=O) groups is 2. The van der Waals surface area contributed by atoms with Gasteiger partial charge in [-0.2, -0.15) is 0 Å². The Morgan fingerprint density at radius 2 is 1.96 bits per heavy atom. The van der Waals surface area contributed by atoms with Crippen LogP contribution in [0.3, 0.4) is 0 Å². The highest BCUT2D eigenvalue weighted by Crippen LogP contribution is 2.27. The lowest BCUT2D eigenvalue weighted by atomic mass is 10.1. The lowest BCUT2D eigenvalue weighted by Gasteiger charge is -2.17. The van der Waals surface area contributed by atoms with Gasteiger partial charge >= 0.3 is 5.97 Å². The van der Waals surface area contributed by atoms with Crippen molar-refractivity contribution in [2.24, 2.45) is 0 Å². The summed E-state index contributed by atoms with van der Waals surface area (Å²) in [5.41, 5.74) is 0.365. The molecular formula is C17H19NO5S. The van der Waals surface area contributed by atoms with Crippen LogP contribution in [0, 0.1) is 0 Å². The van der Waals surface area contributed by atoms with E-state index >= 15 is 0 Å². The van der Waals surface area contributed by atoms with Gasteiger partial charge in [-0.3, -0.25) is 9.59 Å². The molecule has 6 nitrogen and oxygen atoms in total. The van der Waals surface area contributed by atoms with Gasteiger partial charge in [0.1, 0.15) is 11.5 Å². The van der Waals surface area contributed by atoms with Gasteiger partial charge in [0.15, 0.2) is 0 Å². The van der Waals surface area contributed by atoms with Gasteiger partial charge in [-0.05, 0) is 23.6 Å². The largest absolute Gasteiger partial charge is 0.497 e. The van der Waals surface area contributed by atoms with Crippen LogP contribution in [-0.4, -0.2) is 33.2 Å². The lowest BCUT2D eigenvalue weighted by molar-refractivity contribution is -0.141. The fourth-order valence-electron chi connectivity index (χ4n) is 2.18. The third-order valence-electron chi connectivity index (χ3n) is 3.44. The van der Waals surface area contributed by atoms with Crippen LogP contribution in [0.1, 0.15) is 27.7 Å². The zero-order valence-corrected chi connectivity index (χ0v) is 14.5. The number of hydrogen-bond donors (Lipinski definition) is 1. The minimum atomic E-state index is -0.461. The standard InChI is InChI=1S/C17H19NO5S/c1-21-11-6-7-12(14(9-11)22-2)17(20)18-13(10-16(19)23-3)15-5-4-8-24-15/h4-9,13H,10H2,1-3H3,(H,18,20)/t13-/m0/s1. The molecule has 0 fully saturated rings. The predicted octanol–water partition coefficient (Wildman–Crippen LogP) is 2.80. The summed E-state index contributed by atoms with van der Waals surface area (Å²) in [5, 5.41) is 4.75. The number of nitrogens with one attached hydrogen (secondary N) is 1. The van der Waals surface area contributed by atoms with Crippen LogP contribution in [0.2, 0.25) is 0 Å². The molecule has 1 heterocycles. The third kappa shape index (κ3) is 4.26. The molecule has 1 amide bonds. The molecule has 7 heteroatoms. The van der Waals surface area contributed by atoms with Crippen LogP contribution >= 0.6 is 11.3 Å². The van der Waals surface area contributed by atoms with Crippen LogP contribution in [-0.2, 0) is 9.53 Å². The Hall–Kier alpha value is -2.54. The zero-order valence-electron chi connectivity index (χ0n) is 13.7. The summed E-state index contributed by atoms with van der Waals surface area (Å²) in [5.74, 6) is 0.259. The number of amides is 1. The first-order valence-corrected chi connectivity index (χ1v) is 8.10. The minimum Gasteiger partial charge on any atom is -0.497 e. The van der Waals surface area contributed by atoms with Crippen molar-refractivity contribution < 1.29 is 23.8 Å². The van der Waals surface area contributed by atoms with Crippen molar-refractivity contribution in [1.82, 2.24) is 5.32 Å². The maximum Gasteiger partial charge on any atom is 0.307 e. The van der Waals surface area contributed by atoms with E-state index in [1.807, 2.05) is 17.5 Å². The first kappa shape index (κ1) is 17.8. The number of benzene rings is 1. The van der Waals surface area contributed by atoms with Crippen LogP contribution in [0.25, 0.3) is 0 Å². The number of thiophene rings is 1. The Morgan fingerprint density at radius 3 is 2.54 bits per heavy atom. The Bertz CT molecular complexity index is 699. The van der Waals surface area contributed by atoms with Gasteiger partial charge in [0.05, 0.1) is 39.4 Å². The molecule has 2 aromatic rings. The number of rotatable bonds is 7. The fourth-order valence-corrected chi connectivity index (χ4v) is 2.96. The molecule has 0 saturated heterocycles. The molecule has 1 atom stereocenters. The van der Waals surface area contributed by atoms with Crippen molar-refractivity contribution in [1.29, 1.82) is 0 Å². The van der Waals surface area contributed by atoms with Crippen molar-refractivity contribution in [2.75, 3.05) is 21.3 Å². The molecule has 0 spiro atoms. The fraction of sp³-hybridized carbons (Fsp3) is 0.294. The second-order valence-corrected chi connectivity index (χ2v) is 5.87. The first-order valence-electron chi connectivity index (χ1n) is 7.22. The van der Waals surface area contributed by atoms with E-state index in [9.17, 15) is 9.59 Å². The maximum absolute atomic E-state index is 12.6. The average molecular weight is 349 g/mol. The van der Waals surface area contributed by atoms with Crippen molar-refractivity contribution in [2.45, 2.75) is 12.5 Å². The highest BCUT2D eigenvalue weighted by Gasteiger charge is 2.22. The molecule has 0 aliphatic rings. The molecule has 0 bridgehead atoms. The summed E-state index contributed by atoms with van der Waals surface area (Å²) in [7, 11) is 4.34. The zero-order chi connectivity index (χ0) is 17.5. The van der Waals surface area contributed by atoms with Crippen LogP contribution in [0.5, 0.6) is 11.5 Å². The summed E-state index contributed by atoms with van der Waals surface area (Å²) in [6, 6.07) is 8.20. The summed E-state index contributed by atoms with van der Waals surface area (Å²) in [4.78, 5) is 25.1. The summed E-state index contributed by atoms with van der Waals surface area (Å²) < 4.78 is 15.1. The van der Waals surface area contributed by atoms with Gasteiger partial charge in [-0.1, -0.05) is 6.07 Å². The van der Waals surface area contributed by atoms with E-state index in [1.165, 1.54) is 32.7 Å². The average Bonchev–Trinajstić information content (AvgIpc) is 3.14. The number of carbonyl (C=O) groups excluding carboxylic acids is 2. The highest BCUT2D eigenvalue weighted by atomic mass is 32.1. The van der Waals surface area contributed by atoms with E-state index in [4.69, 9.17) is 14.2 Å². The van der Waals surface area contributed by atoms with Crippen molar-refractivity contribution in [3.63, 3.8) is 0 Å². The quantitative estimate of drug-likeness (QED) is 0.778. The molecule has 0 saturated carbocycles. The van der Waals surface area contributed by atoms with E-state index in [0.717, 1.165) is 4.88 Å². The second-order valence-electron chi connectivity index (χ2n) is 4.89. The van der Waals surface area contributed by atoms with Crippen LogP contribution < -0.4 is 14.8 Å². The first-order chi connectivity index (χ1) is 11.6. The topological polar surface area (TPSA) is 73.9 Å². The SMILES string of the molecule is COC(=O)C[C@H](NC(=O)c1ccc(OC)cc1OC)c1cccs1. The second kappa shape index (κ2) is 8.35. The van der Waals surface area contributed by atoms with Crippen LogP contribution in [0.4, 0.5) is 0 Å². The predicted molar refractivity (Wildman–Crippen MR) is 90.7 cm³/mol. The molecule has 24 heavy (non-hydrogen) atoms. The highest BCUT2D eigenvalue weighted by molar-refractivity contribution is 7.10. The van der Waals surface area contributed by atoms with Crippen molar-refractivity contribution in [3.8, 4) is 11.5 Å². The van der Waals surface area contributed by atoms with E-state index in [2.05, 4.69) is 5.32 Å². The van der Waals surface area contributed by atoms with E-state index in [0.29, 0.717) is 17.1 Å². The number of methoxy groups -OCH3 is 3. The van der Waals surface area contributed by atoms with E-state index in [-0.39, 0.29) is 12.3 Å². The molecule has 128 valence electrons. The molecule has 0 radical (unpaired) electrons. The van der Waals surface area contributed by atoms with Gasteiger partial charge in [0.25, 0.3) is 5.91 Å². The molecular weight excluding hydrogens is 330 g/mol. The molecule has 1 aromatic heterocycles. The maximum atomic E-state index is 12.6. The number of esters is 1. The summed E-state index contributed by atoms with van der Waals surface area (Å²) in [6.45, 7) is 0. The number of ether oxygens (including phenoxy) is 3. The molecule has 0 aliphatic carbocycles. The van der Waals surface area contributed by atoms with Gasteiger partial charge < -0.3 is 19.5 Å². The minimum absolute atomic E-state index is 0.0568. The smallest absolute Gasteiger partial charge is 0.307 e. The number of hydrogen-bond acceptors (Lipinski definition) is 6.